The first-order valence-corrected chi connectivity index (χ1v) is 5.52. The number of carbonyl (C=O) groups is 1. The van der Waals surface area contributed by atoms with Crippen LogP contribution < -0.4 is 15.8 Å². The number of hydrogen-bond acceptors (Lipinski definition) is 7. The van der Waals surface area contributed by atoms with Gasteiger partial charge >= 0.3 is 6.09 Å². The molecule has 100 valence electrons. The van der Waals surface area contributed by atoms with Crippen molar-refractivity contribution >= 4 is 17.7 Å². The second kappa shape index (κ2) is 7.28. The summed E-state index contributed by atoms with van der Waals surface area (Å²) >= 11 is 0. The normalized spacial score (nSPS) is 9.72. The summed E-state index contributed by atoms with van der Waals surface area (Å²) in [6.45, 7) is 2.53. The lowest BCUT2D eigenvalue weighted by molar-refractivity contribution is 0.154. The van der Waals surface area contributed by atoms with Crippen molar-refractivity contribution < 1.29 is 14.6 Å². The van der Waals surface area contributed by atoms with E-state index in [1.807, 2.05) is 0 Å². The zero-order valence-corrected chi connectivity index (χ0v) is 10.4. The van der Waals surface area contributed by atoms with Crippen LogP contribution in [0.1, 0.15) is 6.92 Å². The Bertz CT molecular complexity index is 370. The molecule has 0 aliphatic heterocycles. The molecule has 0 radical (unpaired) electrons. The number of likely N-dealkylation sites (N-methyl/N-ethyl adjacent to an activating group) is 1. The summed E-state index contributed by atoms with van der Waals surface area (Å²) in [5.74, 6) is 1.02. The summed E-state index contributed by atoms with van der Waals surface area (Å²) in [4.78, 5) is 12.8. The molecule has 0 spiro atoms. The van der Waals surface area contributed by atoms with Crippen LogP contribution >= 0.6 is 0 Å². The third kappa shape index (κ3) is 4.42. The number of ether oxygens (including phenoxy) is 1. The average Bonchev–Trinajstić information content (AvgIpc) is 2.37. The highest BCUT2D eigenvalue weighted by Gasteiger charge is 2.04. The highest BCUT2D eigenvalue weighted by atomic mass is 16.5. The lowest BCUT2D eigenvalue weighted by atomic mass is 10.4. The Balaban J connectivity index is 2.47. The minimum Gasteiger partial charge on any atom is -0.449 e. The van der Waals surface area contributed by atoms with Gasteiger partial charge in [0.15, 0.2) is 11.6 Å². The van der Waals surface area contributed by atoms with E-state index in [0.717, 1.165) is 0 Å². The van der Waals surface area contributed by atoms with Crippen LogP contribution in [0.15, 0.2) is 12.1 Å². The van der Waals surface area contributed by atoms with Crippen molar-refractivity contribution in [3.63, 3.8) is 0 Å². The predicted molar refractivity (Wildman–Crippen MR) is 66.2 cm³/mol. The molecule has 3 N–H and O–H groups in total. The number of rotatable bonds is 6. The largest absolute Gasteiger partial charge is 0.449 e. The van der Waals surface area contributed by atoms with Crippen molar-refractivity contribution in [2.24, 2.45) is 0 Å². The van der Waals surface area contributed by atoms with E-state index in [-0.39, 0.29) is 6.61 Å². The molecule has 0 saturated carbocycles. The van der Waals surface area contributed by atoms with E-state index in [2.05, 4.69) is 25.8 Å². The highest BCUT2D eigenvalue weighted by molar-refractivity contribution is 5.68. The fourth-order valence-corrected chi connectivity index (χ4v) is 1.14. The van der Waals surface area contributed by atoms with E-state index in [9.17, 15) is 4.79 Å². The maximum absolute atomic E-state index is 11.0. The number of aliphatic hydroxyl groups excluding tert-OH is 1. The molecular weight excluding hydrogens is 238 g/mol. The Morgan fingerprint density at radius 2 is 2.28 bits per heavy atom. The van der Waals surface area contributed by atoms with Gasteiger partial charge in [-0.3, -0.25) is 5.43 Å². The third-order valence-corrected chi connectivity index (χ3v) is 2.05. The summed E-state index contributed by atoms with van der Waals surface area (Å²) in [5.41, 5.74) is 4.87. The molecule has 18 heavy (non-hydrogen) atoms. The number of nitrogens with zero attached hydrogens (tertiary/aromatic N) is 3. The van der Waals surface area contributed by atoms with Gasteiger partial charge in [0.25, 0.3) is 0 Å². The summed E-state index contributed by atoms with van der Waals surface area (Å²) in [6, 6.07) is 3.38. The molecule has 1 heterocycles. The highest BCUT2D eigenvalue weighted by Crippen LogP contribution is 2.08. The Morgan fingerprint density at radius 1 is 1.50 bits per heavy atom. The Kier molecular flexibility index (Phi) is 5.65. The molecule has 8 heteroatoms. The van der Waals surface area contributed by atoms with Gasteiger partial charge in [0.1, 0.15) is 0 Å². The summed E-state index contributed by atoms with van der Waals surface area (Å²) in [6.07, 6.45) is -0.583. The van der Waals surface area contributed by atoms with Gasteiger partial charge in [-0.1, -0.05) is 0 Å². The number of carbonyl (C=O) groups excluding carboxylic acids is 1. The molecule has 0 unspecified atom stereocenters. The van der Waals surface area contributed by atoms with Crippen molar-refractivity contribution in [2.75, 3.05) is 37.1 Å². The molecule has 8 nitrogen and oxygen atoms in total. The SMILES string of the molecule is CCOC(=O)NNc1ccc(N(C)CCO)nn1. The number of anilines is 2. The van der Waals surface area contributed by atoms with Crippen LogP contribution in [-0.4, -0.2) is 48.2 Å². The van der Waals surface area contributed by atoms with Crippen LogP contribution in [0.3, 0.4) is 0 Å². The van der Waals surface area contributed by atoms with E-state index >= 15 is 0 Å². The third-order valence-electron chi connectivity index (χ3n) is 2.05. The zero-order chi connectivity index (χ0) is 13.4. The Hall–Kier alpha value is -2.09. The second-order valence-electron chi connectivity index (χ2n) is 3.39. The van der Waals surface area contributed by atoms with Crippen LogP contribution in [0, 0.1) is 0 Å². The predicted octanol–water partition coefficient (Wildman–Crippen LogP) is -0.0219. The fourth-order valence-electron chi connectivity index (χ4n) is 1.14. The number of hydrogen-bond donors (Lipinski definition) is 3. The first kappa shape index (κ1) is 14.0. The fraction of sp³-hybridized carbons (Fsp3) is 0.500. The van der Waals surface area contributed by atoms with Crippen molar-refractivity contribution in [1.82, 2.24) is 15.6 Å². The standard InChI is InChI=1S/C10H17N5O3/c1-3-18-10(17)14-12-8-4-5-9(13-11-8)15(2)6-7-16/h4-5,16H,3,6-7H2,1-2H3,(H,11,12)(H,14,17). The maximum atomic E-state index is 11.0. The lowest BCUT2D eigenvalue weighted by Crippen LogP contribution is -2.30. The van der Waals surface area contributed by atoms with E-state index in [1.165, 1.54) is 0 Å². The van der Waals surface area contributed by atoms with Gasteiger partial charge in [0, 0.05) is 13.6 Å². The van der Waals surface area contributed by atoms with Crippen LogP contribution in [0.2, 0.25) is 0 Å². The van der Waals surface area contributed by atoms with E-state index in [0.29, 0.717) is 24.8 Å². The molecule has 0 atom stereocenters. The molecule has 1 rings (SSSR count). The molecule has 0 aliphatic carbocycles. The summed E-state index contributed by atoms with van der Waals surface area (Å²) in [7, 11) is 1.80. The number of nitrogens with one attached hydrogen (secondary N) is 2. The van der Waals surface area contributed by atoms with E-state index in [4.69, 9.17) is 5.11 Å². The van der Waals surface area contributed by atoms with Crippen LogP contribution in [0.25, 0.3) is 0 Å². The monoisotopic (exact) mass is 255 g/mol. The topological polar surface area (TPSA) is 99.6 Å². The Morgan fingerprint density at radius 3 is 2.83 bits per heavy atom. The second-order valence-corrected chi connectivity index (χ2v) is 3.39. The van der Waals surface area contributed by atoms with Gasteiger partial charge in [-0.05, 0) is 19.1 Å². The molecule has 0 bridgehead atoms. The van der Waals surface area contributed by atoms with Crippen LogP contribution in [-0.2, 0) is 4.74 Å². The van der Waals surface area contributed by atoms with Crippen molar-refractivity contribution in [3.05, 3.63) is 12.1 Å². The number of aliphatic hydroxyl groups is 1. The molecule has 0 aliphatic rings. The zero-order valence-electron chi connectivity index (χ0n) is 10.4. The maximum Gasteiger partial charge on any atom is 0.425 e. The first-order chi connectivity index (χ1) is 8.67. The average molecular weight is 255 g/mol. The molecule has 1 amide bonds. The lowest BCUT2D eigenvalue weighted by Gasteiger charge is -2.15. The molecular formula is C10H17N5O3. The number of hydrazine groups is 1. The van der Waals surface area contributed by atoms with Gasteiger partial charge in [0.05, 0.1) is 13.2 Å². The van der Waals surface area contributed by atoms with Gasteiger partial charge in [-0.15, -0.1) is 10.2 Å². The minimum absolute atomic E-state index is 0.0442. The van der Waals surface area contributed by atoms with Crippen molar-refractivity contribution in [2.45, 2.75) is 6.92 Å². The van der Waals surface area contributed by atoms with Gasteiger partial charge in [-0.2, -0.15) is 0 Å². The molecule has 0 fully saturated rings. The van der Waals surface area contributed by atoms with Crippen LogP contribution in [0.5, 0.6) is 0 Å². The van der Waals surface area contributed by atoms with Crippen molar-refractivity contribution in [3.8, 4) is 0 Å². The smallest absolute Gasteiger partial charge is 0.425 e. The van der Waals surface area contributed by atoms with Crippen LogP contribution in [0.4, 0.5) is 16.4 Å². The van der Waals surface area contributed by atoms with Crippen molar-refractivity contribution in [1.29, 1.82) is 0 Å². The van der Waals surface area contributed by atoms with Gasteiger partial charge < -0.3 is 14.7 Å². The molecule has 1 aromatic rings. The summed E-state index contributed by atoms with van der Waals surface area (Å²) < 4.78 is 4.66. The first-order valence-electron chi connectivity index (χ1n) is 5.52. The van der Waals surface area contributed by atoms with E-state index in [1.54, 1.807) is 31.0 Å². The molecule has 1 aromatic heterocycles. The minimum atomic E-state index is -0.583. The summed E-state index contributed by atoms with van der Waals surface area (Å²) in [5, 5.41) is 16.6. The molecule has 0 saturated heterocycles. The number of amides is 1. The Labute approximate surface area is 105 Å². The molecule has 0 aromatic carbocycles. The van der Waals surface area contributed by atoms with E-state index < -0.39 is 6.09 Å². The van der Waals surface area contributed by atoms with Gasteiger partial charge in [0.2, 0.25) is 0 Å². The quantitative estimate of drug-likeness (QED) is 0.614. The number of aromatic nitrogens is 2. The van der Waals surface area contributed by atoms with Gasteiger partial charge in [-0.25, -0.2) is 10.2 Å².